The average Bonchev–Trinajstić information content (AvgIpc) is 1.54. The van der Waals surface area contributed by atoms with Gasteiger partial charge in [-0.1, -0.05) is 34.6 Å². The van der Waals surface area contributed by atoms with Crippen molar-refractivity contribution in [3.63, 3.8) is 0 Å². The van der Waals surface area contributed by atoms with Gasteiger partial charge in [0.15, 0.2) is 11.9 Å². The second-order valence-corrected chi connectivity index (χ2v) is 28.5. The van der Waals surface area contributed by atoms with Gasteiger partial charge in [0, 0.05) is 121 Å². The van der Waals surface area contributed by atoms with E-state index in [9.17, 15) is 58.3 Å². The number of nitrogens with two attached hydrogens (primary N) is 6. The zero-order chi connectivity index (χ0) is 65.8. The molecule has 5 saturated heterocycles. The lowest BCUT2D eigenvalue weighted by Gasteiger charge is -2.49. The van der Waals surface area contributed by atoms with Gasteiger partial charge in [0.25, 0.3) is 0 Å². The Labute approximate surface area is 518 Å². The Kier molecular flexibility index (Phi) is 19.4. The van der Waals surface area contributed by atoms with Crippen LogP contribution in [0.25, 0.3) is 0 Å². The third-order valence-corrected chi connectivity index (χ3v) is 22.2. The molecule has 7 aliphatic heterocycles. The second-order valence-electron chi connectivity index (χ2n) is 27.1. The smallest absolute Gasteiger partial charge is 0.473 e. The minimum atomic E-state index is -5.10. The topological polar surface area (TPSA) is 477 Å². The number of nitrogens with one attached hydrogen (secondary N) is 6. The van der Waals surface area contributed by atoms with Crippen LogP contribution in [0.3, 0.4) is 0 Å². The molecule has 1 aromatic carbocycles. The molecule has 7 heterocycles. The maximum atomic E-state index is 14.4. The molecule has 1 aromatic rings. The molecule has 28 nitrogen and oxygen atoms in total. The van der Waals surface area contributed by atoms with E-state index in [1.807, 2.05) is 41.5 Å². The van der Waals surface area contributed by atoms with Crippen LogP contribution in [0.4, 0.5) is 11.4 Å². The van der Waals surface area contributed by atoms with Crippen LogP contribution in [-0.4, -0.2) is 129 Å². The first kappa shape index (κ1) is 68.0. The molecule has 0 aliphatic carbocycles. The number of phosphoric ester groups is 1. The lowest BCUT2D eigenvalue weighted by molar-refractivity contribution is -0.124. The Morgan fingerprint density at radius 3 is 2.09 bits per heavy atom. The number of phosphoric acid groups is 1. The van der Waals surface area contributed by atoms with Gasteiger partial charge in [-0.05, 0) is 105 Å². The highest BCUT2D eigenvalue weighted by Gasteiger charge is 2.69. The number of aliphatic hydroxyl groups excluding tert-OH is 2. The van der Waals surface area contributed by atoms with Crippen LogP contribution in [0.1, 0.15) is 133 Å². The number of carbonyl (C=O) groups is 7. The third kappa shape index (κ3) is 13.0. The van der Waals surface area contributed by atoms with E-state index in [-0.39, 0.29) is 94.8 Å². The number of rotatable bonds is 25. The van der Waals surface area contributed by atoms with Crippen molar-refractivity contribution in [2.75, 3.05) is 23.4 Å². The van der Waals surface area contributed by atoms with E-state index in [0.717, 1.165) is 11.3 Å². The van der Waals surface area contributed by atoms with E-state index >= 15 is 0 Å². The van der Waals surface area contributed by atoms with E-state index in [4.69, 9.17) is 48.2 Å². The number of phenolic OH excluding ortho intramolecular Hbond substituents is 1. The van der Waals surface area contributed by atoms with Crippen molar-refractivity contribution in [2.45, 2.75) is 187 Å². The van der Waals surface area contributed by atoms with E-state index in [1.54, 1.807) is 11.0 Å². The fourth-order valence-corrected chi connectivity index (χ4v) is 17.5. The van der Waals surface area contributed by atoms with Crippen LogP contribution in [0.15, 0.2) is 64.5 Å². The first-order valence-electron chi connectivity index (χ1n) is 30.3. The van der Waals surface area contributed by atoms with Gasteiger partial charge in [0.1, 0.15) is 18.1 Å². The van der Waals surface area contributed by atoms with Crippen LogP contribution < -0.4 is 71.2 Å². The molecule has 17 atom stereocenters. The molecule has 4 unspecified atom stereocenters. The Morgan fingerprint density at radius 1 is 0.854 bits per heavy atom. The summed E-state index contributed by atoms with van der Waals surface area (Å²) in [6.07, 6.45) is -3.30. The van der Waals surface area contributed by atoms with Crippen LogP contribution in [0.5, 0.6) is 5.75 Å². The van der Waals surface area contributed by atoms with E-state index in [0.29, 0.717) is 41.0 Å². The molecule has 5 fully saturated rings. The Balaban J connectivity index is 1.17. The maximum absolute atomic E-state index is 14.4. The molecule has 8 rings (SSSR count). The number of amides is 7. The Bertz CT molecular complexity index is 3190. The van der Waals surface area contributed by atoms with Crippen LogP contribution >= 0.6 is 7.82 Å². The molecule has 7 aliphatic rings. The number of ether oxygens (including phenoxy) is 1. The predicted molar refractivity (Wildman–Crippen MR) is 327 cm³/mol. The number of benzene rings is 1. The number of aromatic hydroxyl groups is 1. The lowest BCUT2D eigenvalue weighted by atomic mass is 9.56. The fourth-order valence-electron chi connectivity index (χ4n) is 16.4. The first-order valence-corrected chi connectivity index (χ1v) is 31.8. The van der Waals surface area contributed by atoms with E-state index in [2.05, 4.69) is 51.8 Å². The number of aliphatic hydroxyl groups is 2. The minimum absolute atomic E-state index is 0.00929. The molecule has 0 spiro atoms. The maximum Gasteiger partial charge on any atom is 0.473 e. The lowest BCUT2D eigenvalue weighted by Crippen LogP contribution is -2.64. The zero-order valence-electron chi connectivity index (χ0n) is 52.1. The Hall–Kier alpha value is -6.94. The average molecular weight is 1270 g/mol. The van der Waals surface area contributed by atoms with Gasteiger partial charge in [-0.25, -0.2) is 4.57 Å². The van der Waals surface area contributed by atoms with Crippen molar-refractivity contribution in [1.29, 1.82) is 0 Å². The SMILES string of the molecule is C/C1=C2/N/C(=C\C3N/C(=C(/C)C4N[C@H]([C@H](CC(N)=O)[C@@]4(C)CCC(=O)NC[C@@H](C)OP(=O)(O)O[C@@H]4/C(=C\O)O[C@H](N5CNc6cc(O)ccc65)[C@@H]4O)[C@]4(C)NC1[C@@H](CCC(N)=O)[C@]4(C)CC(N)=O)[C@@H](CCC(N)=O)C3(C)C)[C@@H](CCC(N)=O)[C@]2(C)CC(N)=O. The summed E-state index contributed by atoms with van der Waals surface area (Å²) in [7, 11) is -5.10. The number of hydrogen-bond acceptors (Lipinski definition) is 20. The second kappa shape index (κ2) is 25.4. The number of allylic oxidation sites excluding steroid dienone is 3. The number of fused-ring (bicyclic) bond motifs is 10. The first-order chi connectivity index (χ1) is 41.4. The number of hydrogen-bond donors (Lipinski definition) is 16. The van der Waals surface area contributed by atoms with Crippen molar-refractivity contribution < 1.29 is 72.1 Å². The molecule has 29 heteroatoms. The number of carbonyl (C=O) groups excluding carboxylic acids is 7. The van der Waals surface area contributed by atoms with Crippen molar-refractivity contribution in [3.05, 3.63) is 64.5 Å². The largest absolute Gasteiger partial charge is 0.512 e. The van der Waals surface area contributed by atoms with Gasteiger partial charge >= 0.3 is 7.82 Å². The quantitative estimate of drug-likeness (QED) is 0.0487. The van der Waals surface area contributed by atoms with Crippen LogP contribution in [0.2, 0.25) is 0 Å². The highest BCUT2D eigenvalue weighted by molar-refractivity contribution is 7.47. The minimum Gasteiger partial charge on any atom is -0.512 e. The van der Waals surface area contributed by atoms with Crippen LogP contribution in [0, 0.1) is 45.3 Å². The third-order valence-electron chi connectivity index (χ3n) is 21.1. The molecule has 0 radical (unpaired) electrons. The predicted octanol–water partition coefficient (Wildman–Crippen LogP) is 1.51. The summed E-state index contributed by atoms with van der Waals surface area (Å²) in [5.74, 6) is -6.73. The van der Waals surface area contributed by atoms with E-state index in [1.165, 1.54) is 19.1 Å². The summed E-state index contributed by atoms with van der Waals surface area (Å²) >= 11 is 0. The van der Waals surface area contributed by atoms with Gasteiger partial charge in [-0.15, -0.1) is 0 Å². The van der Waals surface area contributed by atoms with Gasteiger partial charge in [-0.2, -0.15) is 0 Å². The monoisotopic (exact) mass is 1270 g/mol. The van der Waals surface area contributed by atoms with Gasteiger partial charge < -0.3 is 96.2 Å². The summed E-state index contributed by atoms with van der Waals surface area (Å²) in [5.41, 5.74) is 35.7. The normalized spacial score (nSPS) is 37.1. The zero-order valence-corrected chi connectivity index (χ0v) is 53.0. The number of primary amides is 6. The van der Waals surface area contributed by atoms with Gasteiger partial charge in [0.05, 0.1) is 30.2 Å². The number of anilines is 2. The molecule has 89 heavy (non-hydrogen) atoms. The number of phenols is 1. The van der Waals surface area contributed by atoms with Crippen molar-refractivity contribution in [1.82, 2.24) is 26.6 Å². The van der Waals surface area contributed by atoms with Crippen LogP contribution in [-0.2, 0) is 51.9 Å². The van der Waals surface area contributed by atoms with Gasteiger partial charge in [-0.3, -0.25) is 42.6 Å². The summed E-state index contributed by atoms with van der Waals surface area (Å²) in [6, 6.07) is 1.83. The summed E-state index contributed by atoms with van der Waals surface area (Å²) in [4.78, 5) is 106. The summed E-state index contributed by atoms with van der Waals surface area (Å²) in [6.45, 7) is 16.9. The number of nitrogens with zero attached hydrogens (tertiary/aromatic N) is 1. The van der Waals surface area contributed by atoms with Crippen molar-refractivity contribution in [2.24, 2.45) is 79.7 Å². The van der Waals surface area contributed by atoms with Crippen molar-refractivity contribution in [3.8, 4) is 5.75 Å². The molecule has 0 saturated carbocycles. The highest BCUT2D eigenvalue weighted by Crippen LogP contribution is 2.62. The van der Waals surface area contributed by atoms with Crippen molar-refractivity contribution >= 4 is 60.5 Å². The fraction of sp³-hybridized carbons (Fsp3) is 0.650. The molecule has 22 N–H and O–H groups in total. The summed E-state index contributed by atoms with van der Waals surface area (Å²) in [5, 5.41) is 52.8. The molecular formula is C60H92N13O15P. The standard InChI is InChI=1S/C60H92N13O15P/c1-28(87-89(84,85)88-51-39(26-74)86-55(50(51)83)73-27-68-37-20-31(75)10-14-38(37)73)25-67-47(82)18-19-57(6)35(21-44(64)79)54-60(9)59(8,24-46(66)81)34(13-17-43(63)78)49(72-60)30(3)53-58(7,23-45(65)80)32(11-15-41(61)76)36(69-53)22-40-56(4,5)33(12-16-42(62)77)48(70-40)29(2)52(57)71-54/h10,14,20,22,26,28,32-35,40,49-52,54-55,68-72,74-75,83H,11-13,15-19,21,23-25,27H2,1-9H3,(H2,61,76)(H2,62,77)(H2,63,78)(H2,64,79)(H2,65,80)(H2,66,81)(H,67,82)(H,84,85)/b36-22-,39-26+,48-29-,53-30-/t28-,32-,33-,34-,35+,40?,49?,50-,51-,52?,54-,55+,57-,58+,59+,60+/m1/s1. The Morgan fingerprint density at radius 2 is 1.48 bits per heavy atom. The molecule has 492 valence electrons. The highest BCUT2D eigenvalue weighted by atomic mass is 31.2. The molecule has 8 bridgehead atoms. The molecule has 0 aromatic heterocycles. The van der Waals surface area contributed by atoms with E-state index < -0.39 is 143 Å². The molecular weight excluding hydrogens is 1170 g/mol. The summed E-state index contributed by atoms with van der Waals surface area (Å²) < 4.78 is 30.3. The van der Waals surface area contributed by atoms with Gasteiger partial charge in [0.2, 0.25) is 47.6 Å². The molecule has 7 amide bonds.